The van der Waals surface area contributed by atoms with Gasteiger partial charge in [0.25, 0.3) is 0 Å². The number of carbonyl (C=O) groups is 1. The third kappa shape index (κ3) is 3.77. The number of carbonyl (C=O) groups excluding carboxylic acids is 1. The number of halogens is 2. The molecule has 0 fully saturated rings. The quantitative estimate of drug-likeness (QED) is 0.682. The Morgan fingerprint density at radius 1 is 1.50 bits per heavy atom. The van der Waals surface area contributed by atoms with Crippen LogP contribution in [0, 0.1) is 0 Å². The Hall–Kier alpha value is -0.590. The lowest BCUT2D eigenvalue weighted by Crippen LogP contribution is -2.10. The molecule has 0 radical (unpaired) electrons. The molecular weight excluding hydrogens is 318 g/mol. The van der Waals surface area contributed by atoms with E-state index in [9.17, 15) is 13.2 Å². The van der Waals surface area contributed by atoms with Crippen molar-refractivity contribution >= 4 is 49.0 Å². The van der Waals surface area contributed by atoms with E-state index in [0.29, 0.717) is 10.7 Å². The van der Waals surface area contributed by atoms with Crippen molar-refractivity contribution in [3.8, 4) is 0 Å². The average Bonchev–Trinajstić information content (AvgIpc) is 2.18. The van der Waals surface area contributed by atoms with Crippen LogP contribution in [0.25, 0.3) is 0 Å². The van der Waals surface area contributed by atoms with Gasteiger partial charge in [-0.3, -0.25) is 9.52 Å². The zero-order valence-corrected chi connectivity index (χ0v) is 11.5. The number of ketones is 1. The van der Waals surface area contributed by atoms with Crippen molar-refractivity contribution < 1.29 is 13.2 Å². The molecule has 0 aromatic heterocycles. The zero-order chi connectivity index (χ0) is 12.3. The largest absolute Gasteiger partial charge is 0.293 e. The topological polar surface area (TPSA) is 63.2 Å². The predicted octanol–water partition coefficient (Wildman–Crippen LogP) is 2.29. The maximum Gasteiger partial charge on any atom is 0.229 e. The van der Waals surface area contributed by atoms with Crippen LogP contribution < -0.4 is 4.72 Å². The van der Waals surface area contributed by atoms with Crippen LogP contribution in [0.1, 0.15) is 10.4 Å². The van der Waals surface area contributed by atoms with Crippen LogP contribution >= 0.6 is 27.5 Å². The predicted molar refractivity (Wildman–Crippen MR) is 68.0 cm³/mol. The van der Waals surface area contributed by atoms with E-state index in [1.54, 1.807) is 0 Å². The number of sulfonamides is 1. The summed E-state index contributed by atoms with van der Waals surface area (Å²) in [6.07, 6.45) is 1.04. The third-order valence-corrected chi connectivity index (χ3v) is 3.14. The lowest BCUT2D eigenvalue weighted by molar-refractivity contribution is 0.102. The SMILES string of the molecule is CS(=O)(=O)Nc1ccc(Cl)c(C(=O)CBr)c1. The Labute approximate surface area is 107 Å². The highest BCUT2D eigenvalue weighted by molar-refractivity contribution is 9.09. The minimum atomic E-state index is -3.36. The molecule has 1 aromatic rings. The first-order valence-electron chi connectivity index (χ1n) is 4.20. The van der Waals surface area contributed by atoms with Crippen LogP contribution in [0.5, 0.6) is 0 Å². The van der Waals surface area contributed by atoms with Gasteiger partial charge in [0.15, 0.2) is 5.78 Å². The number of nitrogens with one attached hydrogen (secondary N) is 1. The molecule has 4 nitrogen and oxygen atoms in total. The van der Waals surface area contributed by atoms with Gasteiger partial charge in [0.2, 0.25) is 10.0 Å². The molecule has 0 saturated carbocycles. The van der Waals surface area contributed by atoms with Gasteiger partial charge in [0.05, 0.1) is 16.6 Å². The van der Waals surface area contributed by atoms with E-state index in [4.69, 9.17) is 11.6 Å². The lowest BCUT2D eigenvalue weighted by Gasteiger charge is -2.06. The Morgan fingerprint density at radius 3 is 2.62 bits per heavy atom. The second-order valence-corrected chi connectivity index (χ2v) is 5.84. The summed E-state index contributed by atoms with van der Waals surface area (Å²) in [5.74, 6) is -0.206. The van der Waals surface area contributed by atoms with Crippen LogP contribution in [-0.4, -0.2) is 25.8 Å². The van der Waals surface area contributed by atoms with E-state index in [2.05, 4.69) is 20.7 Å². The van der Waals surface area contributed by atoms with E-state index >= 15 is 0 Å². The highest BCUT2D eigenvalue weighted by Crippen LogP contribution is 2.22. The molecule has 0 bridgehead atoms. The first kappa shape index (κ1) is 13.5. The zero-order valence-electron chi connectivity index (χ0n) is 8.33. The molecule has 0 heterocycles. The Bertz CT molecular complexity index is 515. The minimum Gasteiger partial charge on any atom is -0.293 e. The molecule has 0 amide bonds. The van der Waals surface area contributed by atoms with Gasteiger partial charge in [0.1, 0.15) is 0 Å². The molecule has 0 spiro atoms. The van der Waals surface area contributed by atoms with Gasteiger partial charge in [-0.25, -0.2) is 8.42 Å². The first-order valence-corrected chi connectivity index (χ1v) is 7.59. The minimum absolute atomic E-state index is 0.134. The summed E-state index contributed by atoms with van der Waals surface area (Å²) in [7, 11) is -3.36. The summed E-state index contributed by atoms with van der Waals surface area (Å²) >= 11 is 8.85. The molecule has 1 N–H and O–H groups in total. The first-order chi connectivity index (χ1) is 7.33. The van der Waals surface area contributed by atoms with Crippen LogP contribution in [0.2, 0.25) is 5.02 Å². The van der Waals surface area contributed by atoms with Crippen molar-refractivity contribution in [3.63, 3.8) is 0 Å². The number of hydrogen-bond acceptors (Lipinski definition) is 3. The Kier molecular flexibility index (Phi) is 4.35. The van der Waals surface area contributed by atoms with Gasteiger partial charge in [-0.05, 0) is 18.2 Å². The molecule has 88 valence electrons. The summed E-state index contributed by atoms with van der Waals surface area (Å²) in [6, 6.07) is 4.38. The lowest BCUT2D eigenvalue weighted by atomic mass is 10.1. The molecule has 0 atom stereocenters. The maximum atomic E-state index is 11.4. The molecule has 0 saturated heterocycles. The standard InChI is InChI=1S/C9H9BrClNO3S/c1-16(14,15)12-6-2-3-8(11)7(4-6)9(13)5-10/h2-4,12H,5H2,1H3. The number of anilines is 1. The van der Waals surface area contributed by atoms with Crippen molar-refractivity contribution in [2.45, 2.75) is 0 Å². The van der Waals surface area contributed by atoms with Crippen LogP contribution in [0.3, 0.4) is 0 Å². The number of rotatable bonds is 4. The van der Waals surface area contributed by atoms with Crippen molar-refractivity contribution in [2.24, 2.45) is 0 Å². The third-order valence-electron chi connectivity index (χ3n) is 1.69. The number of Topliss-reactive ketones (excluding diaryl/α,β-unsaturated/α-hetero) is 1. The van der Waals surface area contributed by atoms with Crippen LogP contribution in [-0.2, 0) is 10.0 Å². The fraction of sp³-hybridized carbons (Fsp3) is 0.222. The number of alkyl halides is 1. The summed E-state index contributed by atoms with van der Waals surface area (Å²) in [6.45, 7) is 0. The Balaban J connectivity index is 3.12. The number of hydrogen-bond donors (Lipinski definition) is 1. The molecule has 1 aromatic carbocycles. The van der Waals surface area contributed by atoms with Gasteiger partial charge in [0, 0.05) is 11.3 Å². The highest BCUT2D eigenvalue weighted by atomic mass is 79.9. The fourth-order valence-electron chi connectivity index (χ4n) is 1.09. The summed E-state index contributed by atoms with van der Waals surface area (Å²) < 4.78 is 24.3. The Morgan fingerprint density at radius 2 is 2.12 bits per heavy atom. The van der Waals surface area contributed by atoms with Gasteiger partial charge >= 0.3 is 0 Å². The maximum absolute atomic E-state index is 11.4. The summed E-state index contributed by atoms with van der Waals surface area (Å²) in [5.41, 5.74) is 0.600. The second-order valence-electron chi connectivity index (χ2n) is 3.13. The monoisotopic (exact) mass is 325 g/mol. The van der Waals surface area contributed by atoms with Gasteiger partial charge in [-0.1, -0.05) is 27.5 Å². The molecule has 0 unspecified atom stereocenters. The van der Waals surface area contributed by atoms with E-state index in [-0.39, 0.29) is 16.7 Å². The van der Waals surface area contributed by atoms with Crippen LogP contribution in [0.4, 0.5) is 5.69 Å². The van der Waals surface area contributed by atoms with Gasteiger partial charge in [-0.2, -0.15) is 0 Å². The van der Waals surface area contributed by atoms with E-state index < -0.39 is 10.0 Å². The molecule has 16 heavy (non-hydrogen) atoms. The van der Waals surface area contributed by atoms with Crippen molar-refractivity contribution in [3.05, 3.63) is 28.8 Å². The molecule has 1 rings (SSSR count). The number of benzene rings is 1. The fourth-order valence-corrected chi connectivity index (χ4v) is 2.17. The molecule has 7 heteroatoms. The van der Waals surface area contributed by atoms with E-state index in [1.165, 1.54) is 18.2 Å². The van der Waals surface area contributed by atoms with Crippen molar-refractivity contribution in [1.29, 1.82) is 0 Å². The molecular formula is C9H9BrClNO3S. The van der Waals surface area contributed by atoms with Crippen molar-refractivity contribution in [2.75, 3.05) is 16.3 Å². The average molecular weight is 327 g/mol. The van der Waals surface area contributed by atoms with Crippen LogP contribution in [0.15, 0.2) is 18.2 Å². The van der Waals surface area contributed by atoms with Gasteiger partial charge < -0.3 is 0 Å². The summed E-state index contributed by atoms with van der Waals surface area (Å²) in [5, 5.41) is 0.429. The normalized spacial score (nSPS) is 11.2. The van der Waals surface area contributed by atoms with E-state index in [0.717, 1.165) is 6.26 Å². The second kappa shape index (κ2) is 5.16. The summed E-state index contributed by atoms with van der Waals surface area (Å²) in [4.78, 5) is 11.4. The van der Waals surface area contributed by atoms with Gasteiger partial charge in [-0.15, -0.1) is 0 Å². The molecule has 0 aliphatic carbocycles. The van der Waals surface area contributed by atoms with E-state index in [1.807, 2.05) is 0 Å². The van der Waals surface area contributed by atoms with Crippen molar-refractivity contribution in [1.82, 2.24) is 0 Å². The molecule has 0 aliphatic heterocycles. The highest BCUT2D eigenvalue weighted by Gasteiger charge is 2.11. The smallest absolute Gasteiger partial charge is 0.229 e. The molecule has 0 aliphatic rings.